The first kappa shape index (κ1) is 17.2. The number of likely N-dealkylation sites (N-methyl/N-ethyl adjacent to an activating group) is 1. The Kier molecular flexibility index (Phi) is 5.82. The monoisotopic (exact) mass is 351 g/mol. The Hall–Kier alpha value is -2.63. The molecule has 5 heteroatoms. The normalized spacial score (nSPS) is 10.6. The summed E-state index contributed by atoms with van der Waals surface area (Å²) in [4.78, 5) is 15.4. The second kappa shape index (κ2) is 8.46. The summed E-state index contributed by atoms with van der Waals surface area (Å²) < 4.78 is 0. The van der Waals surface area contributed by atoms with Crippen molar-refractivity contribution in [1.29, 1.82) is 0 Å². The third-order valence-electron chi connectivity index (χ3n) is 3.65. The second-order valence-corrected chi connectivity index (χ2v) is 6.90. The van der Waals surface area contributed by atoms with Crippen molar-refractivity contribution in [3.8, 4) is 0 Å². The van der Waals surface area contributed by atoms with Crippen LogP contribution in [0.5, 0.6) is 0 Å². The van der Waals surface area contributed by atoms with Gasteiger partial charge in [0.2, 0.25) is 5.91 Å². The third kappa shape index (κ3) is 5.45. The Labute approximate surface area is 152 Å². The lowest BCUT2D eigenvalue weighted by Crippen LogP contribution is -2.29. The summed E-state index contributed by atoms with van der Waals surface area (Å²) in [5, 5.41) is 8.31. The Bertz CT molecular complexity index is 786. The number of para-hydroxylation sites is 1. The van der Waals surface area contributed by atoms with E-state index in [9.17, 15) is 4.79 Å². The van der Waals surface area contributed by atoms with Gasteiger partial charge in [0.05, 0.1) is 6.54 Å². The summed E-state index contributed by atoms with van der Waals surface area (Å²) in [6.45, 7) is 1.15. The summed E-state index contributed by atoms with van der Waals surface area (Å²) in [6.07, 6.45) is 0. The molecule has 4 nitrogen and oxygen atoms in total. The lowest BCUT2D eigenvalue weighted by Gasteiger charge is -2.15. The van der Waals surface area contributed by atoms with E-state index in [0.29, 0.717) is 6.54 Å². The Balaban J connectivity index is 1.49. The number of carbonyl (C=O) groups is 1. The molecule has 0 spiro atoms. The molecule has 1 aromatic heterocycles. The zero-order chi connectivity index (χ0) is 17.5. The van der Waals surface area contributed by atoms with Crippen molar-refractivity contribution < 1.29 is 4.79 Å². The SMILES string of the molecule is CN(CC(=O)Nc1ccc(Nc2ccccc2)cc1)Cc1cccs1. The molecule has 0 saturated carbocycles. The number of nitrogens with zero attached hydrogens (tertiary/aromatic N) is 1. The number of benzene rings is 2. The van der Waals surface area contributed by atoms with Crippen LogP contribution >= 0.6 is 11.3 Å². The van der Waals surface area contributed by atoms with E-state index in [1.54, 1.807) is 11.3 Å². The number of thiophene rings is 1. The molecule has 0 aliphatic heterocycles. The molecule has 0 bridgehead atoms. The molecule has 2 N–H and O–H groups in total. The smallest absolute Gasteiger partial charge is 0.238 e. The maximum Gasteiger partial charge on any atom is 0.238 e. The first-order chi connectivity index (χ1) is 12.2. The molecule has 2 aromatic carbocycles. The molecule has 1 heterocycles. The predicted octanol–water partition coefficient (Wildman–Crippen LogP) is 4.56. The van der Waals surface area contributed by atoms with Gasteiger partial charge in [0.15, 0.2) is 0 Å². The van der Waals surface area contributed by atoms with Crippen molar-refractivity contribution in [3.63, 3.8) is 0 Å². The number of nitrogens with one attached hydrogen (secondary N) is 2. The van der Waals surface area contributed by atoms with Crippen LogP contribution in [0, 0.1) is 0 Å². The molecule has 0 atom stereocenters. The summed E-state index contributed by atoms with van der Waals surface area (Å²) in [7, 11) is 1.95. The minimum absolute atomic E-state index is 0.0113. The number of hydrogen-bond donors (Lipinski definition) is 2. The Morgan fingerprint density at radius 1 is 0.920 bits per heavy atom. The van der Waals surface area contributed by atoms with E-state index in [4.69, 9.17) is 0 Å². The molecule has 0 aliphatic carbocycles. The van der Waals surface area contributed by atoms with Crippen LogP contribution in [0.4, 0.5) is 17.1 Å². The average molecular weight is 351 g/mol. The highest BCUT2D eigenvalue weighted by atomic mass is 32.1. The highest BCUT2D eigenvalue weighted by Crippen LogP contribution is 2.18. The maximum absolute atomic E-state index is 12.2. The standard InChI is InChI=1S/C20H21N3OS/c1-23(14-19-8-5-13-25-19)15-20(24)22-18-11-9-17(10-12-18)21-16-6-3-2-4-7-16/h2-13,21H,14-15H2,1H3,(H,22,24). The molecular formula is C20H21N3OS. The predicted molar refractivity (Wildman–Crippen MR) is 105 cm³/mol. The van der Waals surface area contributed by atoms with Crippen LogP contribution in [0.15, 0.2) is 72.1 Å². The minimum atomic E-state index is -0.0113. The quantitative estimate of drug-likeness (QED) is 0.656. The van der Waals surface area contributed by atoms with Crippen LogP contribution in [0.3, 0.4) is 0 Å². The van der Waals surface area contributed by atoms with Gasteiger partial charge in [-0.05, 0) is 54.9 Å². The van der Waals surface area contributed by atoms with Crippen LogP contribution in [0.2, 0.25) is 0 Å². The summed E-state index contributed by atoms with van der Waals surface area (Å²) >= 11 is 1.70. The number of rotatable bonds is 7. The van der Waals surface area contributed by atoms with Gasteiger partial charge in [0.1, 0.15) is 0 Å². The first-order valence-corrected chi connectivity index (χ1v) is 9.00. The van der Waals surface area contributed by atoms with E-state index in [-0.39, 0.29) is 5.91 Å². The lowest BCUT2D eigenvalue weighted by molar-refractivity contribution is -0.117. The molecule has 1 amide bonds. The Morgan fingerprint density at radius 2 is 1.60 bits per heavy atom. The molecule has 3 rings (SSSR count). The summed E-state index contributed by atoms with van der Waals surface area (Å²) in [5.41, 5.74) is 2.82. The average Bonchev–Trinajstić information content (AvgIpc) is 3.10. The van der Waals surface area contributed by atoms with Gasteiger partial charge in [0, 0.05) is 28.5 Å². The molecule has 0 unspecified atom stereocenters. The lowest BCUT2D eigenvalue weighted by atomic mass is 10.2. The van der Waals surface area contributed by atoms with Crippen LogP contribution in [0.25, 0.3) is 0 Å². The van der Waals surface area contributed by atoms with Gasteiger partial charge in [0.25, 0.3) is 0 Å². The van der Waals surface area contributed by atoms with Crippen LogP contribution in [0.1, 0.15) is 4.88 Å². The summed E-state index contributed by atoms with van der Waals surface area (Å²) in [6, 6.07) is 21.8. The molecule has 0 aliphatic rings. The molecular weight excluding hydrogens is 330 g/mol. The zero-order valence-electron chi connectivity index (χ0n) is 14.1. The van der Waals surface area contributed by atoms with Crippen molar-refractivity contribution in [3.05, 3.63) is 77.0 Å². The fourth-order valence-corrected chi connectivity index (χ4v) is 3.28. The van der Waals surface area contributed by atoms with E-state index in [1.165, 1.54) is 4.88 Å². The molecule has 0 radical (unpaired) electrons. The Morgan fingerprint density at radius 3 is 2.28 bits per heavy atom. The van der Waals surface area contributed by atoms with Crippen molar-refractivity contribution in [2.24, 2.45) is 0 Å². The van der Waals surface area contributed by atoms with Crippen LogP contribution in [-0.2, 0) is 11.3 Å². The van der Waals surface area contributed by atoms with E-state index in [1.807, 2.05) is 78.0 Å². The van der Waals surface area contributed by atoms with Gasteiger partial charge < -0.3 is 10.6 Å². The van der Waals surface area contributed by atoms with Crippen LogP contribution in [-0.4, -0.2) is 24.4 Å². The maximum atomic E-state index is 12.2. The molecule has 3 aromatic rings. The number of amides is 1. The first-order valence-electron chi connectivity index (χ1n) is 8.12. The zero-order valence-corrected chi connectivity index (χ0v) is 14.9. The van der Waals surface area contributed by atoms with Gasteiger partial charge in [-0.1, -0.05) is 24.3 Å². The number of anilines is 3. The topological polar surface area (TPSA) is 44.4 Å². The van der Waals surface area contributed by atoms with Gasteiger partial charge in [-0.15, -0.1) is 11.3 Å². The largest absolute Gasteiger partial charge is 0.356 e. The van der Waals surface area contributed by atoms with Gasteiger partial charge in [-0.25, -0.2) is 0 Å². The van der Waals surface area contributed by atoms with E-state index >= 15 is 0 Å². The fraction of sp³-hybridized carbons (Fsp3) is 0.150. The number of hydrogen-bond acceptors (Lipinski definition) is 4. The van der Waals surface area contributed by atoms with Crippen LogP contribution < -0.4 is 10.6 Å². The molecule has 25 heavy (non-hydrogen) atoms. The highest BCUT2D eigenvalue weighted by Gasteiger charge is 2.08. The third-order valence-corrected chi connectivity index (χ3v) is 4.51. The van der Waals surface area contributed by atoms with E-state index in [0.717, 1.165) is 23.6 Å². The fourth-order valence-electron chi connectivity index (χ4n) is 2.50. The van der Waals surface area contributed by atoms with Crippen molar-refractivity contribution >= 4 is 34.3 Å². The van der Waals surface area contributed by atoms with Crippen molar-refractivity contribution in [1.82, 2.24) is 4.90 Å². The second-order valence-electron chi connectivity index (χ2n) is 5.87. The molecule has 128 valence electrons. The molecule has 0 fully saturated rings. The van der Waals surface area contributed by atoms with Gasteiger partial charge in [-0.3, -0.25) is 9.69 Å². The number of carbonyl (C=O) groups excluding carboxylic acids is 1. The van der Waals surface area contributed by atoms with Crippen molar-refractivity contribution in [2.45, 2.75) is 6.54 Å². The van der Waals surface area contributed by atoms with Crippen molar-refractivity contribution in [2.75, 3.05) is 24.2 Å². The minimum Gasteiger partial charge on any atom is -0.356 e. The van der Waals surface area contributed by atoms with E-state index in [2.05, 4.69) is 16.7 Å². The highest BCUT2D eigenvalue weighted by molar-refractivity contribution is 7.09. The van der Waals surface area contributed by atoms with Gasteiger partial charge in [-0.2, -0.15) is 0 Å². The summed E-state index contributed by atoms with van der Waals surface area (Å²) in [5.74, 6) is -0.0113. The molecule has 0 saturated heterocycles. The van der Waals surface area contributed by atoms with Gasteiger partial charge >= 0.3 is 0 Å². The van der Waals surface area contributed by atoms with E-state index < -0.39 is 0 Å².